The minimum absolute atomic E-state index is 0.357. The van der Waals surface area contributed by atoms with E-state index in [-0.39, 0.29) is 0 Å². The third kappa shape index (κ3) is 19.1. The monoisotopic (exact) mass is 664 g/mol. The van der Waals surface area contributed by atoms with E-state index in [0.717, 1.165) is 0 Å². The van der Waals surface area contributed by atoms with E-state index in [4.69, 9.17) is 25.9 Å². The van der Waals surface area contributed by atoms with Crippen molar-refractivity contribution in [2.45, 2.75) is 11.0 Å². The summed E-state index contributed by atoms with van der Waals surface area (Å²) in [5, 5.41) is 0. The van der Waals surface area contributed by atoms with Gasteiger partial charge >= 0.3 is 11.0 Å². The van der Waals surface area contributed by atoms with Crippen LogP contribution < -0.4 is 0 Å². The smallest absolute Gasteiger partial charge is 0.485 e. The molecule has 0 saturated carbocycles. The fraction of sp³-hybridized carbons (Fsp3) is 1.00. The maximum absolute atomic E-state index is 10.7. The second-order valence-corrected chi connectivity index (χ2v) is 46.2. The van der Waals surface area contributed by atoms with Gasteiger partial charge in [0.1, 0.15) is 0 Å². The van der Waals surface area contributed by atoms with E-state index >= 15 is 0 Å². The molecule has 0 aliphatic heterocycles. The second-order valence-electron chi connectivity index (χ2n) is 7.86. The van der Waals surface area contributed by atoms with Crippen LogP contribution in [0, 0.1) is 0 Å². The molecule has 0 heterocycles. The third-order valence-electron chi connectivity index (χ3n) is 4.48. The van der Waals surface area contributed by atoms with Crippen LogP contribution in [0.5, 0.6) is 0 Å². The Kier molecular flexibility index (Phi) is 20.5. The fourth-order valence-corrected chi connectivity index (χ4v) is 19.3. The fourth-order valence-electron chi connectivity index (χ4n) is 0.716. The van der Waals surface area contributed by atoms with Crippen LogP contribution in [-0.2, 0) is 20.2 Å². The van der Waals surface area contributed by atoms with Gasteiger partial charge in [-0.1, -0.05) is 0 Å². The SMILES string of the molecule is CP(C)[P+](C)(C)P(C)C.CP(C)[P+](C)(C)P(C)C.O=S(=O)([O-])C(F)(F)F.O=S(=O)([O-])C(F)(F)F. The molecule has 34 heavy (non-hydrogen) atoms. The van der Waals surface area contributed by atoms with E-state index in [1.165, 1.54) is 0 Å². The maximum atomic E-state index is 10.7. The van der Waals surface area contributed by atoms with E-state index in [1.54, 1.807) is 0 Å². The Hall–Kier alpha value is 1.98. The lowest BCUT2D eigenvalue weighted by Crippen LogP contribution is -2.21. The highest BCUT2D eigenvalue weighted by molar-refractivity contribution is 8.68. The number of alkyl halides is 6. The molecule has 0 saturated heterocycles. The van der Waals surface area contributed by atoms with Crippen molar-refractivity contribution in [1.82, 2.24) is 0 Å². The average Bonchev–Trinajstić information content (AvgIpc) is 2.52. The lowest BCUT2D eigenvalue weighted by molar-refractivity contribution is -0.0522. The first kappa shape index (κ1) is 43.0. The van der Waals surface area contributed by atoms with Crippen LogP contribution in [0.25, 0.3) is 0 Å². The minimum atomic E-state index is -6.09. The summed E-state index contributed by atoms with van der Waals surface area (Å²) in [6.45, 7) is 28.5. The summed E-state index contributed by atoms with van der Waals surface area (Å²) in [5.74, 6) is 0. The number of hydrogen-bond acceptors (Lipinski definition) is 6. The van der Waals surface area contributed by atoms with Gasteiger partial charge in [0.15, 0.2) is 20.2 Å². The van der Waals surface area contributed by atoms with Gasteiger partial charge in [-0.3, -0.25) is 0 Å². The molecule has 0 unspecified atom stereocenters. The van der Waals surface area contributed by atoms with Crippen LogP contribution in [0.15, 0.2) is 0 Å². The van der Waals surface area contributed by atoms with Crippen molar-refractivity contribution in [2.24, 2.45) is 0 Å². The van der Waals surface area contributed by atoms with Gasteiger partial charge in [0.2, 0.25) is 0 Å². The number of halogens is 6. The van der Waals surface area contributed by atoms with Crippen LogP contribution in [0.2, 0.25) is 0 Å². The van der Waals surface area contributed by atoms with Crippen LogP contribution >= 0.6 is 43.7 Å². The molecule has 6 nitrogen and oxygen atoms in total. The Morgan fingerprint density at radius 2 is 0.588 bits per heavy atom. The van der Waals surface area contributed by atoms with Crippen LogP contribution in [0.4, 0.5) is 26.3 Å². The molecular weight excluding hydrogens is 628 g/mol. The quantitative estimate of drug-likeness (QED) is 0.135. The summed E-state index contributed by atoms with van der Waals surface area (Å²) in [6.07, 6.45) is 0. The summed E-state index contributed by atoms with van der Waals surface area (Å²) in [5.41, 5.74) is -11.3. The third-order valence-corrected chi connectivity index (χ3v) is 49.8. The molecular formula is C14H36F6O6P6S2. The van der Waals surface area contributed by atoms with Crippen molar-refractivity contribution in [3.05, 3.63) is 0 Å². The molecule has 0 fully saturated rings. The van der Waals surface area contributed by atoms with E-state index in [1.807, 2.05) is 0 Å². The Morgan fingerprint density at radius 1 is 0.500 bits per heavy atom. The normalized spacial score (nSPS) is 13.6. The molecule has 0 aliphatic rings. The molecule has 0 aromatic rings. The first-order valence-corrected chi connectivity index (χ1v) is 28.7. The predicted octanol–water partition coefficient (Wildman–Crippen LogP) is 7.26. The highest BCUT2D eigenvalue weighted by Crippen LogP contribution is 2.93. The van der Waals surface area contributed by atoms with Crippen molar-refractivity contribution in [1.29, 1.82) is 0 Å². The lowest BCUT2D eigenvalue weighted by Gasteiger charge is -2.25. The summed E-state index contributed by atoms with van der Waals surface area (Å²) in [6, 6.07) is 0. The molecule has 0 bridgehead atoms. The van der Waals surface area contributed by atoms with Gasteiger partial charge < -0.3 is 9.11 Å². The molecule has 0 aromatic carbocycles. The lowest BCUT2D eigenvalue weighted by atomic mass is 11.6. The van der Waals surface area contributed by atoms with Gasteiger partial charge in [0.05, 0.1) is 57.1 Å². The van der Waals surface area contributed by atoms with Crippen LogP contribution in [0.1, 0.15) is 0 Å². The standard InChI is InChI=1S/2C6H18P3.2CHF3O3S/c2*1-7(2)9(5,6)8(3)4;2*2-1(3,4)8(5,6)7/h2*1-6H3;2*(H,5,6,7)/q2*+1;;/p-2. The molecule has 0 radical (unpaired) electrons. The predicted molar refractivity (Wildman–Crippen MR) is 144 cm³/mol. The van der Waals surface area contributed by atoms with Crippen molar-refractivity contribution >= 4 is 64.0 Å². The average molecular weight is 664 g/mol. The van der Waals surface area contributed by atoms with Crippen LogP contribution in [-0.4, -0.2) is 117 Å². The number of rotatable bonds is 4. The Bertz CT molecular complexity index is 696. The zero-order valence-corrected chi connectivity index (χ0v) is 28.2. The minimum Gasteiger partial charge on any atom is -0.741 e. The number of hydrogen-bond donors (Lipinski definition) is 0. The van der Waals surface area contributed by atoms with Gasteiger partial charge in [-0.2, -0.15) is 26.3 Å². The molecule has 0 rings (SSSR count). The maximum Gasteiger partial charge on any atom is 0.485 e. The van der Waals surface area contributed by atoms with Crippen molar-refractivity contribution in [3.8, 4) is 0 Å². The topological polar surface area (TPSA) is 114 Å². The summed E-state index contributed by atoms with van der Waals surface area (Å²) in [7, 11) is -10.8. The Morgan fingerprint density at radius 3 is 0.588 bits per heavy atom. The molecule has 0 amide bonds. The highest BCUT2D eigenvalue weighted by Gasteiger charge is 2.38. The van der Waals surface area contributed by atoms with E-state index in [0.29, 0.717) is 30.4 Å². The molecule has 0 aromatic heterocycles. The van der Waals surface area contributed by atoms with E-state index < -0.39 is 44.5 Å². The molecule has 0 atom stereocenters. The van der Waals surface area contributed by atoms with Crippen molar-refractivity contribution in [3.63, 3.8) is 0 Å². The van der Waals surface area contributed by atoms with Gasteiger partial charge in [-0.05, 0) is 53.3 Å². The summed E-state index contributed by atoms with van der Waals surface area (Å²) in [4.78, 5) is 0. The summed E-state index contributed by atoms with van der Waals surface area (Å²) >= 11 is 0. The zero-order chi connectivity index (χ0) is 29.3. The van der Waals surface area contributed by atoms with Gasteiger partial charge in [-0.25, -0.2) is 16.8 Å². The molecule has 20 heteroatoms. The first-order valence-electron chi connectivity index (χ1n) is 8.71. The highest BCUT2D eigenvalue weighted by atomic mass is 32.5. The van der Waals surface area contributed by atoms with Gasteiger partial charge in [0, 0.05) is 13.3 Å². The first-order chi connectivity index (χ1) is 14.3. The zero-order valence-electron chi connectivity index (χ0n) is 21.2. The summed E-state index contributed by atoms with van der Waals surface area (Å²) < 4.78 is 118. The Balaban J connectivity index is -0.000000177. The molecule has 0 spiro atoms. The molecule has 212 valence electrons. The van der Waals surface area contributed by atoms with Gasteiger partial charge in [-0.15, -0.1) is 0 Å². The second kappa shape index (κ2) is 16.2. The van der Waals surface area contributed by atoms with Crippen molar-refractivity contribution < 1.29 is 52.3 Å². The van der Waals surface area contributed by atoms with Crippen LogP contribution in [0.3, 0.4) is 0 Å². The van der Waals surface area contributed by atoms with E-state index in [2.05, 4.69) is 80.0 Å². The Labute approximate surface area is 206 Å². The molecule has 0 aliphatic carbocycles. The van der Waals surface area contributed by atoms with Crippen molar-refractivity contribution in [2.75, 3.05) is 80.0 Å². The van der Waals surface area contributed by atoms with E-state index in [9.17, 15) is 26.3 Å². The largest absolute Gasteiger partial charge is 0.741 e. The van der Waals surface area contributed by atoms with Gasteiger partial charge in [0.25, 0.3) is 0 Å². The molecule has 0 N–H and O–H groups in total.